The molecule has 19 heavy (non-hydrogen) atoms. The number of ether oxygens (including phenoxy) is 1. The van der Waals surface area contributed by atoms with Crippen molar-refractivity contribution in [3.63, 3.8) is 0 Å². The van der Waals surface area contributed by atoms with Crippen molar-refractivity contribution < 1.29 is 9.53 Å². The maximum absolute atomic E-state index is 12.0. The lowest BCUT2D eigenvalue weighted by atomic mass is 9.90. The van der Waals surface area contributed by atoms with Gasteiger partial charge in [-0.1, -0.05) is 30.7 Å². The fourth-order valence-corrected chi connectivity index (χ4v) is 2.13. The molecule has 0 spiro atoms. The van der Waals surface area contributed by atoms with Gasteiger partial charge >= 0.3 is 0 Å². The fourth-order valence-electron chi connectivity index (χ4n) is 2.00. The Morgan fingerprint density at radius 2 is 2.00 bits per heavy atom. The van der Waals surface area contributed by atoms with Crippen LogP contribution < -0.4 is 5.32 Å². The number of benzene rings is 1. The van der Waals surface area contributed by atoms with E-state index >= 15 is 0 Å². The van der Waals surface area contributed by atoms with Gasteiger partial charge in [0.2, 0.25) is 0 Å². The normalized spacial score (nSPS) is 12.4. The summed E-state index contributed by atoms with van der Waals surface area (Å²) in [4.78, 5) is 12.0. The average molecular weight is 284 g/mol. The number of rotatable bonds is 9. The first-order valence-corrected chi connectivity index (χ1v) is 7.04. The number of Topliss-reactive ketones (excluding diaryl/α,β-unsaturated/α-hetero) is 1. The van der Waals surface area contributed by atoms with Crippen LogP contribution in [0.5, 0.6) is 0 Å². The largest absolute Gasteiger partial charge is 0.383 e. The third-order valence-electron chi connectivity index (χ3n) is 3.10. The highest BCUT2D eigenvalue weighted by Gasteiger charge is 2.18. The van der Waals surface area contributed by atoms with Crippen LogP contribution in [0.3, 0.4) is 0 Å². The second kappa shape index (κ2) is 9.08. The minimum Gasteiger partial charge on any atom is -0.383 e. The minimum atomic E-state index is -0.0442. The van der Waals surface area contributed by atoms with Gasteiger partial charge in [0.05, 0.1) is 6.61 Å². The van der Waals surface area contributed by atoms with Gasteiger partial charge in [0.15, 0.2) is 0 Å². The molecule has 0 heterocycles. The van der Waals surface area contributed by atoms with Crippen LogP contribution in [0.4, 0.5) is 0 Å². The predicted molar refractivity (Wildman–Crippen MR) is 78.9 cm³/mol. The topological polar surface area (TPSA) is 38.3 Å². The Labute approximate surface area is 120 Å². The third-order valence-corrected chi connectivity index (χ3v) is 3.35. The van der Waals surface area contributed by atoms with E-state index in [0.717, 1.165) is 25.1 Å². The van der Waals surface area contributed by atoms with E-state index in [1.54, 1.807) is 7.11 Å². The number of carbonyl (C=O) groups excluding carboxylic acids is 1. The lowest BCUT2D eigenvalue weighted by molar-refractivity contribution is -0.120. The van der Waals surface area contributed by atoms with Crippen molar-refractivity contribution in [1.82, 2.24) is 5.32 Å². The molecule has 0 aliphatic heterocycles. The van der Waals surface area contributed by atoms with Crippen LogP contribution in [-0.4, -0.2) is 32.6 Å². The molecule has 0 saturated carbocycles. The summed E-state index contributed by atoms with van der Waals surface area (Å²) in [6, 6.07) is 7.56. The van der Waals surface area contributed by atoms with Crippen LogP contribution in [0.15, 0.2) is 24.3 Å². The molecule has 4 heteroatoms. The summed E-state index contributed by atoms with van der Waals surface area (Å²) in [7, 11) is 1.68. The van der Waals surface area contributed by atoms with E-state index in [4.69, 9.17) is 16.3 Å². The highest BCUT2D eigenvalue weighted by Crippen LogP contribution is 2.23. The first-order valence-electron chi connectivity index (χ1n) is 6.66. The van der Waals surface area contributed by atoms with Gasteiger partial charge in [-0.2, -0.15) is 0 Å². The molecule has 0 aliphatic carbocycles. The molecule has 0 unspecified atom stereocenters. The lowest BCUT2D eigenvalue weighted by Crippen LogP contribution is -2.24. The zero-order chi connectivity index (χ0) is 14.1. The molecular weight excluding hydrogens is 262 g/mol. The molecule has 0 fully saturated rings. The Morgan fingerprint density at radius 1 is 1.32 bits per heavy atom. The molecule has 0 aliphatic rings. The SMILES string of the molecule is CCC(=O)[C@H](CCNCCOC)c1ccc(Cl)cc1. The Bertz CT molecular complexity index is 378. The van der Waals surface area contributed by atoms with E-state index in [1.807, 2.05) is 31.2 Å². The number of carbonyl (C=O) groups is 1. The third kappa shape index (κ3) is 5.72. The van der Waals surface area contributed by atoms with Crippen molar-refractivity contribution in [3.8, 4) is 0 Å². The Balaban J connectivity index is 2.57. The number of halogens is 1. The summed E-state index contributed by atoms with van der Waals surface area (Å²) in [5, 5.41) is 3.97. The van der Waals surface area contributed by atoms with Gasteiger partial charge < -0.3 is 10.1 Å². The van der Waals surface area contributed by atoms with E-state index in [0.29, 0.717) is 18.1 Å². The number of methoxy groups -OCH3 is 1. The Kier molecular flexibility index (Phi) is 7.72. The lowest BCUT2D eigenvalue weighted by Gasteiger charge is -2.16. The van der Waals surface area contributed by atoms with Gasteiger partial charge in [-0.05, 0) is 30.7 Å². The van der Waals surface area contributed by atoms with Crippen molar-refractivity contribution in [2.45, 2.75) is 25.7 Å². The van der Waals surface area contributed by atoms with Crippen molar-refractivity contribution >= 4 is 17.4 Å². The molecule has 0 aromatic heterocycles. The molecule has 1 N–H and O–H groups in total. The number of hydrogen-bond donors (Lipinski definition) is 1. The zero-order valence-electron chi connectivity index (χ0n) is 11.6. The summed E-state index contributed by atoms with van der Waals surface area (Å²) < 4.78 is 4.97. The van der Waals surface area contributed by atoms with Gasteiger partial charge in [-0.25, -0.2) is 0 Å². The standard InChI is InChI=1S/C15H22ClNO2/c1-3-15(18)14(8-9-17-10-11-19-2)12-4-6-13(16)7-5-12/h4-7,14,17H,3,8-11H2,1-2H3/t14-/m1/s1. The predicted octanol–water partition coefficient (Wildman–Crippen LogP) is 3.03. The Hall–Kier alpha value is -0.900. The van der Waals surface area contributed by atoms with Crippen LogP contribution in [0.25, 0.3) is 0 Å². The quantitative estimate of drug-likeness (QED) is 0.708. The average Bonchev–Trinajstić information content (AvgIpc) is 2.43. The molecule has 1 atom stereocenters. The number of hydrogen-bond acceptors (Lipinski definition) is 3. The second-order valence-electron chi connectivity index (χ2n) is 4.46. The van der Waals surface area contributed by atoms with Crippen LogP contribution in [-0.2, 0) is 9.53 Å². The van der Waals surface area contributed by atoms with Crippen LogP contribution >= 0.6 is 11.6 Å². The van der Waals surface area contributed by atoms with E-state index < -0.39 is 0 Å². The van der Waals surface area contributed by atoms with E-state index in [1.165, 1.54) is 0 Å². The maximum atomic E-state index is 12.0. The van der Waals surface area contributed by atoms with E-state index in [2.05, 4.69) is 5.32 Å². The summed E-state index contributed by atoms with van der Waals surface area (Å²) in [6.07, 6.45) is 1.36. The summed E-state index contributed by atoms with van der Waals surface area (Å²) in [5.41, 5.74) is 1.05. The molecule has 1 aromatic carbocycles. The smallest absolute Gasteiger partial charge is 0.140 e. The summed E-state index contributed by atoms with van der Waals surface area (Å²) in [5.74, 6) is 0.230. The highest BCUT2D eigenvalue weighted by molar-refractivity contribution is 6.30. The van der Waals surface area contributed by atoms with Crippen molar-refractivity contribution in [2.75, 3.05) is 26.8 Å². The molecular formula is C15H22ClNO2. The summed E-state index contributed by atoms with van der Waals surface area (Å²) in [6.45, 7) is 4.21. The molecule has 0 amide bonds. The Morgan fingerprint density at radius 3 is 2.58 bits per heavy atom. The highest BCUT2D eigenvalue weighted by atomic mass is 35.5. The summed E-state index contributed by atoms with van der Waals surface area (Å²) >= 11 is 5.88. The molecule has 0 radical (unpaired) electrons. The monoisotopic (exact) mass is 283 g/mol. The van der Waals surface area contributed by atoms with Crippen molar-refractivity contribution in [2.24, 2.45) is 0 Å². The van der Waals surface area contributed by atoms with Gasteiger partial charge in [-0.3, -0.25) is 4.79 Å². The number of ketones is 1. The van der Waals surface area contributed by atoms with E-state index in [-0.39, 0.29) is 11.7 Å². The molecule has 3 nitrogen and oxygen atoms in total. The molecule has 1 aromatic rings. The van der Waals surface area contributed by atoms with Gasteiger partial charge in [0.25, 0.3) is 0 Å². The van der Waals surface area contributed by atoms with Gasteiger partial charge in [0.1, 0.15) is 5.78 Å². The first-order chi connectivity index (χ1) is 9.19. The van der Waals surface area contributed by atoms with Crippen molar-refractivity contribution in [3.05, 3.63) is 34.9 Å². The molecule has 0 saturated heterocycles. The van der Waals surface area contributed by atoms with Gasteiger partial charge in [0, 0.05) is 31.0 Å². The van der Waals surface area contributed by atoms with Crippen molar-refractivity contribution in [1.29, 1.82) is 0 Å². The molecule has 1 rings (SSSR count). The van der Waals surface area contributed by atoms with Gasteiger partial charge in [-0.15, -0.1) is 0 Å². The molecule has 106 valence electrons. The van der Waals surface area contributed by atoms with E-state index in [9.17, 15) is 4.79 Å². The molecule has 0 bridgehead atoms. The first kappa shape index (κ1) is 16.2. The number of nitrogens with one attached hydrogen (secondary N) is 1. The zero-order valence-corrected chi connectivity index (χ0v) is 12.4. The van der Waals surface area contributed by atoms with Crippen LogP contribution in [0.2, 0.25) is 5.02 Å². The fraction of sp³-hybridized carbons (Fsp3) is 0.533. The minimum absolute atomic E-state index is 0.0442. The van der Waals surface area contributed by atoms with Crippen LogP contribution in [0, 0.1) is 0 Å². The maximum Gasteiger partial charge on any atom is 0.140 e. The second-order valence-corrected chi connectivity index (χ2v) is 4.89. The van der Waals surface area contributed by atoms with Crippen LogP contribution in [0.1, 0.15) is 31.2 Å².